The Morgan fingerprint density at radius 2 is 1.74 bits per heavy atom. The number of aromatic nitrogens is 2. The van der Waals surface area contributed by atoms with Crippen molar-refractivity contribution in [2.75, 3.05) is 33.8 Å². The molecule has 2 saturated heterocycles. The molecule has 0 saturated carbocycles. The maximum Gasteiger partial charge on any atom is 0.257 e. The zero-order chi connectivity index (χ0) is 19.1. The average molecular weight is 366 g/mol. The van der Waals surface area contributed by atoms with E-state index in [4.69, 9.17) is 4.74 Å². The van der Waals surface area contributed by atoms with Crippen LogP contribution < -0.4 is 4.74 Å². The number of fused-ring (bicyclic) bond motifs is 1. The van der Waals surface area contributed by atoms with Gasteiger partial charge in [-0.05, 0) is 44.5 Å². The first-order chi connectivity index (χ1) is 13.0. The summed E-state index contributed by atoms with van der Waals surface area (Å²) in [5, 5.41) is 0. The molecule has 0 spiro atoms. The van der Waals surface area contributed by atoms with Crippen LogP contribution in [0, 0.1) is 25.7 Å². The van der Waals surface area contributed by atoms with E-state index in [2.05, 4.69) is 34.0 Å². The topological polar surface area (TPSA) is 58.6 Å². The van der Waals surface area contributed by atoms with Crippen LogP contribution in [0.15, 0.2) is 30.6 Å². The molecule has 0 unspecified atom stereocenters. The molecule has 6 nitrogen and oxygen atoms in total. The van der Waals surface area contributed by atoms with E-state index in [0.717, 1.165) is 36.8 Å². The third-order valence-electron chi connectivity index (χ3n) is 6.08. The Morgan fingerprint density at radius 1 is 1.07 bits per heavy atom. The molecule has 3 heterocycles. The van der Waals surface area contributed by atoms with Gasteiger partial charge in [-0.1, -0.05) is 12.1 Å². The minimum absolute atomic E-state index is 0.0659. The van der Waals surface area contributed by atoms with E-state index in [1.807, 2.05) is 30.9 Å². The minimum atomic E-state index is 0.0659. The zero-order valence-corrected chi connectivity index (χ0v) is 16.3. The van der Waals surface area contributed by atoms with Crippen LogP contribution in [0.2, 0.25) is 0 Å². The Morgan fingerprint density at radius 3 is 2.37 bits per heavy atom. The molecule has 0 N–H and O–H groups in total. The van der Waals surface area contributed by atoms with Crippen molar-refractivity contribution in [3.8, 4) is 5.75 Å². The van der Waals surface area contributed by atoms with E-state index in [0.29, 0.717) is 23.4 Å². The molecule has 0 aliphatic carbocycles. The van der Waals surface area contributed by atoms with Crippen molar-refractivity contribution in [1.29, 1.82) is 0 Å². The summed E-state index contributed by atoms with van der Waals surface area (Å²) in [5.74, 6) is 1.87. The first kappa shape index (κ1) is 17.9. The number of carbonyl (C=O) groups is 1. The van der Waals surface area contributed by atoms with Gasteiger partial charge in [-0.15, -0.1) is 0 Å². The Bertz CT molecular complexity index is 832. The van der Waals surface area contributed by atoms with Gasteiger partial charge in [0.2, 0.25) is 0 Å². The molecule has 1 amide bonds. The summed E-state index contributed by atoms with van der Waals surface area (Å²) in [7, 11) is 3.86. The summed E-state index contributed by atoms with van der Waals surface area (Å²) in [6, 6.07) is 8.65. The third-order valence-corrected chi connectivity index (χ3v) is 6.08. The van der Waals surface area contributed by atoms with E-state index in [9.17, 15) is 4.79 Å². The molecule has 6 heteroatoms. The van der Waals surface area contributed by atoms with Crippen molar-refractivity contribution in [1.82, 2.24) is 19.8 Å². The highest BCUT2D eigenvalue weighted by Gasteiger charge is 2.47. The molecule has 142 valence electrons. The van der Waals surface area contributed by atoms with Gasteiger partial charge in [0, 0.05) is 31.6 Å². The SMILES string of the molecule is COc1ccc([C@@H]2[C@@H]3CN(C(=O)c4c(C)ncnc4C)C[C@@H]3CN2C)cc1. The smallest absolute Gasteiger partial charge is 0.257 e. The second-order valence-corrected chi connectivity index (χ2v) is 7.71. The van der Waals surface area contributed by atoms with Gasteiger partial charge in [0.25, 0.3) is 5.91 Å². The molecular weight excluding hydrogens is 340 g/mol. The second kappa shape index (κ2) is 6.93. The molecular formula is C21H26N4O2. The zero-order valence-electron chi connectivity index (χ0n) is 16.3. The van der Waals surface area contributed by atoms with Crippen molar-refractivity contribution in [2.24, 2.45) is 11.8 Å². The van der Waals surface area contributed by atoms with E-state index in [-0.39, 0.29) is 5.91 Å². The number of ether oxygens (including phenoxy) is 1. The number of nitrogens with zero attached hydrogens (tertiary/aromatic N) is 4. The molecule has 0 bridgehead atoms. The highest BCUT2D eigenvalue weighted by molar-refractivity contribution is 5.96. The molecule has 2 fully saturated rings. The molecule has 1 aromatic carbocycles. The second-order valence-electron chi connectivity index (χ2n) is 7.71. The normalized spacial score (nSPS) is 24.9. The number of rotatable bonds is 3. The summed E-state index contributed by atoms with van der Waals surface area (Å²) >= 11 is 0. The summed E-state index contributed by atoms with van der Waals surface area (Å²) in [5.41, 5.74) is 3.46. The van der Waals surface area contributed by atoms with E-state index in [1.165, 1.54) is 11.9 Å². The highest BCUT2D eigenvalue weighted by Crippen LogP contribution is 2.44. The van der Waals surface area contributed by atoms with Crippen LogP contribution in [0.5, 0.6) is 5.75 Å². The lowest BCUT2D eigenvalue weighted by molar-refractivity contribution is 0.0765. The quantitative estimate of drug-likeness (QED) is 0.835. The molecule has 3 atom stereocenters. The van der Waals surface area contributed by atoms with E-state index < -0.39 is 0 Å². The highest BCUT2D eigenvalue weighted by atomic mass is 16.5. The van der Waals surface area contributed by atoms with Gasteiger partial charge >= 0.3 is 0 Å². The van der Waals surface area contributed by atoms with Crippen LogP contribution in [0.25, 0.3) is 0 Å². The lowest BCUT2D eigenvalue weighted by Crippen LogP contribution is -2.34. The first-order valence-corrected chi connectivity index (χ1v) is 9.41. The molecule has 2 aromatic rings. The van der Waals surface area contributed by atoms with Crippen molar-refractivity contribution < 1.29 is 9.53 Å². The number of benzene rings is 1. The van der Waals surface area contributed by atoms with Crippen molar-refractivity contribution in [3.05, 3.63) is 53.1 Å². The monoisotopic (exact) mass is 366 g/mol. The molecule has 2 aliphatic heterocycles. The number of likely N-dealkylation sites (tertiary alicyclic amines) is 2. The van der Waals surface area contributed by atoms with Gasteiger partial charge in [-0.2, -0.15) is 0 Å². The van der Waals surface area contributed by atoms with Crippen LogP contribution in [0.1, 0.15) is 33.4 Å². The fourth-order valence-electron chi connectivity index (χ4n) is 4.79. The van der Waals surface area contributed by atoms with Crippen LogP contribution in [0.4, 0.5) is 0 Å². The van der Waals surface area contributed by atoms with Crippen molar-refractivity contribution in [2.45, 2.75) is 19.9 Å². The predicted octanol–water partition coefficient (Wildman–Crippen LogP) is 2.48. The Balaban J connectivity index is 1.56. The lowest BCUT2D eigenvalue weighted by Gasteiger charge is -2.27. The fourth-order valence-corrected chi connectivity index (χ4v) is 4.79. The Kier molecular flexibility index (Phi) is 4.60. The molecule has 1 aromatic heterocycles. The maximum atomic E-state index is 13.1. The summed E-state index contributed by atoms with van der Waals surface area (Å²) < 4.78 is 5.29. The minimum Gasteiger partial charge on any atom is -0.497 e. The van der Waals surface area contributed by atoms with Crippen molar-refractivity contribution in [3.63, 3.8) is 0 Å². The number of amides is 1. The van der Waals surface area contributed by atoms with Crippen molar-refractivity contribution >= 4 is 5.91 Å². The summed E-state index contributed by atoms with van der Waals surface area (Å²) in [6.07, 6.45) is 1.52. The maximum absolute atomic E-state index is 13.1. The predicted molar refractivity (Wildman–Crippen MR) is 103 cm³/mol. The molecule has 4 rings (SSSR count). The first-order valence-electron chi connectivity index (χ1n) is 9.41. The van der Waals surface area contributed by atoms with Gasteiger partial charge in [0.15, 0.2) is 0 Å². The Labute approximate surface area is 160 Å². The van der Waals surface area contributed by atoms with Gasteiger partial charge < -0.3 is 9.64 Å². The third kappa shape index (κ3) is 3.08. The van der Waals surface area contributed by atoms with E-state index >= 15 is 0 Å². The van der Waals surface area contributed by atoms with Gasteiger partial charge in [-0.3, -0.25) is 9.69 Å². The molecule has 2 aliphatic rings. The summed E-state index contributed by atoms with van der Waals surface area (Å²) in [4.78, 5) is 26.0. The number of hydrogen-bond acceptors (Lipinski definition) is 5. The Hall–Kier alpha value is -2.47. The van der Waals surface area contributed by atoms with E-state index in [1.54, 1.807) is 7.11 Å². The largest absolute Gasteiger partial charge is 0.497 e. The average Bonchev–Trinajstić information content (AvgIpc) is 3.18. The number of methoxy groups -OCH3 is 1. The fraction of sp³-hybridized carbons (Fsp3) is 0.476. The van der Waals surface area contributed by atoms with Crippen LogP contribution in [0.3, 0.4) is 0 Å². The van der Waals surface area contributed by atoms with Gasteiger partial charge in [-0.25, -0.2) is 9.97 Å². The van der Waals surface area contributed by atoms with Gasteiger partial charge in [0.05, 0.1) is 24.1 Å². The number of hydrogen-bond donors (Lipinski definition) is 0. The lowest BCUT2D eigenvalue weighted by atomic mass is 9.89. The summed E-state index contributed by atoms with van der Waals surface area (Å²) in [6.45, 7) is 6.35. The standard InChI is InChI=1S/C21H26N4O2/c1-13-19(14(2)23-12-22-13)21(26)25-10-16-9-24(3)20(18(16)11-25)15-5-7-17(27-4)8-6-15/h5-8,12,16,18,20H,9-11H2,1-4H3/t16-,18+,20+/m0/s1. The number of carbonyl (C=O) groups excluding carboxylic acids is 1. The molecule has 0 radical (unpaired) electrons. The van der Waals surface area contributed by atoms with Gasteiger partial charge in [0.1, 0.15) is 12.1 Å². The van der Waals surface area contributed by atoms with Crippen LogP contribution >= 0.6 is 0 Å². The molecule has 27 heavy (non-hydrogen) atoms. The van der Waals surface area contributed by atoms with Crippen LogP contribution in [-0.2, 0) is 0 Å². The van der Waals surface area contributed by atoms with Crippen LogP contribution in [-0.4, -0.2) is 59.5 Å². The number of aryl methyl sites for hydroxylation is 2.